The number of rotatable bonds is 8. The standard InChI is InChI=1S/C31H39N3O/c1-5-14-34-15-13-29(27-19-25(11-12-30(27)34)18-24-9-7-6-8-10-24)33-31(35)28(32)20-26-22(3)16-21(2)17-23(26)4/h6-12,16-17,19,28-29H,5,13-15,18,20,32H2,1-4H3,(H,33,35). The van der Waals surface area contributed by atoms with Crippen molar-refractivity contribution in [2.75, 3.05) is 18.0 Å². The van der Waals surface area contributed by atoms with E-state index in [1.165, 1.54) is 44.6 Å². The summed E-state index contributed by atoms with van der Waals surface area (Å²) in [6.45, 7) is 10.5. The molecule has 184 valence electrons. The van der Waals surface area contributed by atoms with Crippen molar-refractivity contribution in [3.05, 3.63) is 99.6 Å². The summed E-state index contributed by atoms with van der Waals surface area (Å²) in [5.74, 6) is -0.0715. The number of anilines is 1. The maximum atomic E-state index is 13.2. The van der Waals surface area contributed by atoms with Crippen LogP contribution in [0.4, 0.5) is 5.69 Å². The minimum Gasteiger partial charge on any atom is -0.371 e. The van der Waals surface area contributed by atoms with Crippen molar-refractivity contribution in [3.63, 3.8) is 0 Å². The average molecular weight is 470 g/mol. The van der Waals surface area contributed by atoms with Gasteiger partial charge < -0.3 is 16.0 Å². The van der Waals surface area contributed by atoms with Crippen molar-refractivity contribution in [1.82, 2.24) is 5.32 Å². The molecule has 1 heterocycles. The molecule has 1 amide bonds. The monoisotopic (exact) mass is 469 g/mol. The Balaban J connectivity index is 1.54. The van der Waals surface area contributed by atoms with Gasteiger partial charge in [0.15, 0.2) is 0 Å². The minimum atomic E-state index is -0.570. The highest BCUT2D eigenvalue weighted by atomic mass is 16.2. The topological polar surface area (TPSA) is 58.4 Å². The first kappa shape index (κ1) is 25.0. The molecule has 2 unspecified atom stereocenters. The Kier molecular flexibility index (Phi) is 7.92. The van der Waals surface area contributed by atoms with Crippen molar-refractivity contribution in [2.45, 2.75) is 65.5 Å². The molecule has 1 aliphatic rings. The number of hydrogen-bond acceptors (Lipinski definition) is 3. The van der Waals surface area contributed by atoms with Crippen LogP contribution in [-0.2, 0) is 17.6 Å². The third kappa shape index (κ3) is 5.94. The fraction of sp³-hybridized carbons (Fsp3) is 0.387. The van der Waals surface area contributed by atoms with Gasteiger partial charge in [-0.1, -0.05) is 67.1 Å². The van der Waals surface area contributed by atoms with Gasteiger partial charge in [-0.15, -0.1) is 0 Å². The van der Waals surface area contributed by atoms with Crippen LogP contribution in [0.25, 0.3) is 0 Å². The van der Waals surface area contributed by atoms with Crippen molar-refractivity contribution < 1.29 is 4.79 Å². The maximum Gasteiger partial charge on any atom is 0.237 e. The first-order valence-electron chi connectivity index (χ1n) is 12.9. The smallest absolute Gasteiger partial charge is 0.237 e. The Labute approximate surface area is 210 Å². The highest BCUT2D eigenvalue weighted by molar-refractivity contribution is 5.83. The molecule has 0 saturated heterocycles. The first-order valence-corrected chi connectivity index (χ1v) is 12.9. The number of hydrogen-bond donors (Lipinski definition) is 2. The van der Waals surface area contributed by atoms with Gasteiger partial charge in [-0.2, -0.15) is 0 Å². The third-order valence-corrected chi connectivity index (χ3v) is 7.16. The lowest BCUT2D eigenvalue weighted by Crippen LogP contribution is -2.46. The van der Waals surface area contributed by atoms with Crippen LogP contribution in [0.3, 0.4) is 0 Å². The van der Waals surface area contributed by atoms with Gasteiger partial charge in [0.1, 0.15) is 0 Å². The van der Waals surface area contributed by atoms with Crippen LogP contribution < -0.4 is 16.0 Å². The largest absolute Gasteiger partial charge is 0.371 e. The third-order valence-electron chi connectivity index (χ3n) is 7.16. The summed E-state index contributed by atoms with van der Waals surface area (Å²) in [5.41, 5.74) is 16.3. The summed E-state index contributed by atoms with van der Waals surface area (Å²) in [4.78, 5) is 15.7. The molecule has 4 heteroatoms. The lowest BCUT2D eigenvalue weighted by atomic mass is 9.91. The second kappa shape index (κ2) is 11.1. The van der Waals surface area contributed by atoms with Crippen LogP contribution in [0.2, 0.25) is 0 Å². The van der Waals surface area contributed by atoms with Gasteiger partial charge in [0.2, 0.25) is 5.91 Å². The van der Waals surface area contributed by atoms with Gasteiger partial charge >= 0.3 is 0 Å². The number of nitrogens with one attached hydrogen (secondary N) is 1. The molecule has 0 aliphatic carbocycles. The summed E-state index contributed by atoms with van der Waals surface area (Å²) in [7, 11) is 0. The van der Waals surface area contributed by atoms with Gasteiger partial charge in [0.05, 0.1) is 12.1 Å². The Morgan fingerprint density at radius 2 is 1.74 bits per heavy atom. The van der Waals surface area contributed by atoms with E-state index < -0.39 is 6.04 Å². The van der Waals surface area contributed by atoms with E-state index in [1.54, 1.807) is 0 Å². The summed E-state index contributed by atoms with van der Waals surface area (Å²) in [5, 5.41) is 3.31. The Morgan fingerprint density at radius 1 is 1.03 bits per heavy atom. The van der Waals surface area contributed by atoms with E-state index in [2.05, 4.69) is 92.5 Å². The van der Waals surface area contributed by atoms with E-state index in [1.807, 2.05) is 6.07 Å². The van der Waals surface area contributed by atoms with E-state index in [4.69, 9.17) is 5.73 Å². The Morgan fingerprint density at radius 3 is 2.43 bits per heavy atom. The van der Waals surface area contributed by atoms with E-state index >= 15 is 0 Å². The number of fused-ring (bicyclic) bond motifs is 1. The van der Waals surface area contributed by atoms with Crippen molar-refractivity contribution in [3.8, 4) is 0 Å². The van der Waals surface area contributed by atoms with Gasteiger partial charge in [-0.3, -0.25) is 4.79 Å². The molecule has 3 aromatic carbocycles. The number of benzene rings is 3. The predicted octanol–water partition coefficient (Wildman–Crippen LogP) is 5.55. The zero-order valence-corrected chi connectivity index (χ0v) is 21.6. The summed E-state index contributed by atoms with van der Waals surface area (Å²) < 4.78 is 0. The van der Waals surface area contributed by atoms with E-state index in [9.17, 15) is 4.79 Å². The maximum absolute atomic E-state index is 13.2. The number of carbonyl (C=O) groups excluding carboxylic acids is 1. The SMILES string of the molecule is CCCN1CCC(NC(=O)C(N)Cc2c(C)cc(C)cc2C)c2cc(Cc3ccccc3)ccc21. The van der Waals surface area contributed by atoms with Crippen LogP contribution in [0.1, 0.15) is 64.8 Å². The lowest BCUT2D eigenvalue weighted by Gasteiger charge is -2.36. The van der Waals surface area contributed by atoms with Crippen LogP contribution in [-0.4, -0.2) is 25.0 Å². The number of carbonyl (C=O) groups is 1. The minimum absolute atomic E-state index is 0.0207. The molecule has 0 saturated carbocycles. The summed E-state index contributed by atoms with van der Waals surface area (Å²) in [6, 6.07) is 21.0. The molecule has 4 nitrogen and oxygen atoms in total. The van der Waals surface area contributed by atoms with Crippen LogP contribution >= 0.6 is 0 Å². The molecule has 4 rings (SSSR count). The fourth-order valence-corrected chi connectivity index (χ4v) is 5.45. The molecule has 1 aliphatic heterocycles. The molecule has 35 heavy (non-hydrogen) atoms. The van der Waals surface area contributed by atoms with Crippen LogP contribution in [0.15, 0.2) is 60.7 Å². The predicted molar refractivity (Wildman–Crippen MR) is 146 cm³/mol. The fourth-order valence-electron chi connectivity index (χ4n) is 5.45. The molecule has 0 aromatic heterocycles. The molecule has 2 atom stereocenters. The second-order valence-electron chi connectivity index (χ2n) is 10.1. The molecule has 3 N–H and O–H groups in total. The van der Waals surface area contributed by atoms with Crippen LogP contribution in [0, 0.1) is 20.8 Å². The van der Waals surface area contributed by atoms with Gasteiger partial charge in [0, 0.05) is 18.8 Å². The first-order chi connectivity index (χ1) is 16.9. The van der Waals surface area contributed by atoms with E-state index in [-0.39, 0.29) is 11.9 Å². The second-order valence-corrected chi connectivity index (χ2v) is 10.1. The molecule has 3 aromatic rings. The molecular formula is C31H39N3O. The Hall–Kier alpha value is -3.11. The zero-order chi connectivity index (χ0) is 24.9. The van der Waals surface area contributed by atoms with E-state index in [0.717, 1.165) is 32.4 Å². The number of aryl methyl sites for hydroxylation is 3. The summed E-state index contributed by atoms with van der Waals surface area (Å²) in [6.07, 6.45) is 3.43. The quantitative estimate of drug-likeness (QED) is 0.455. The van der Waals surface area contributed by atoms with E-state index in [0.29, 0.717) is 6.42 Å². The molecular weight excluding hydrogens is 430 g/mol. The zero-order valence-electron chi connectivity index (χ0n) is 21.6. The van der Waals surface area contributed by atoms with Gasteiger partial charge in [-0.25, -0.2) is 0 Å². The Bertz CT molecular complexity index is 1150. The molecule has 0 fully saturated rings. The van der Waals surface area contributed by atoms with Crippen molar-refractivity contribution in [2.24, 2.45) is 5.73 Å². The van der Waals surface area contributed by atoms with Gasteiger partial charge in [-0.05, 0) is 85.9 Å². The van der Waals surface area contributed by atoms with Gasteiger partial charge in [0.25, 0.3) is 0 Å². The van der Waals surface area contributed by atoms with Crippen LogP contribution in [0.5, 0.6) is 0 Å². The summed E-state index contributed by atoms with van der Waals surface area (Å²) >= 11 is 0. The van der Waals surface area contributed by atoms with Crippen molar-refractivity contribution >= 4 is 11.6 Å². The van der Waals surface area contributed by atoms with Crippen molar-refractivity contribution in [1.29, 1.82) is 0 Å². The highest BCUT2D eigenvalue weighted by Gasteiger charge is 2.28. The molecule has 0 bridgehead atoms. The molecule has 0 spiro atoms. The normalized spacial score (nSPS) is 16.0. The number of nitrogens with zero attached hydrogens (tertiary/aromatic N) is 1. The molecule has 0 radical (unpaired) electrons. The number of nitrogens with two attached hydrogens (primary N) is 1. The highest BCUT2D eigenvalue weighted by Crippen LogP contribution is 2.35. The number of amides is 1. The lowest BCUT2D eigenvalue weighted by molar-refractivity contribution is -0.123. The average Bonchev–Trinajstić information content (AvgIpc) is 2.83.